The number of halogens is 1. The van der Waals surface area contributed by atoms with Gasteiger partial charge in [-0.25, -0.2) is 9.78 Å². The first-order valence-electron chi connectivity index (χ1n) is 10.6. The zero-order valence-corrected chi connectivity index (χ0v) is 22.3. The van der Waals surface area contributed by atoms with E-state index in [4.69, 9.17) is 4.74 Å². The molecule has 0 bridgehead atoms. The minimum absolute atomic E-state index is 0. The van der Waals surface area contributed by atoms with E-state index in [1.54, 1.807) is 7.05 Å². The van der Waals surface area contributed by atoms with Gasteiger partial charge in [0.15, 0.2) is 5.96 Å². The maximum atomic E-state index is 12.1. The molecule has 1 aromatic rings. The second-order valence-corrected chi connectivity index (χ2v) is 8.97. The molecule has 30 heavy (non-hydrogen) atoms. The van der Waals surface area contributed by atoms with E-state index < -0.39 is 0 Å². The monoisotopic (exact) mass is 551 g/mol. The highest BCUT2D eigenvalue weighted by Crippen LogP contribution is 2.28. The number of thiazole rings is 1. The van der Waals surface area contributed by atoms with Gasteiger partial charge >= 0.3 is 5.97 Å². The Morgan fingerprint density at radius 1 is 1.33 bits per heavy atom. The van der Waals surface area contributed by atoms with E-state index in [0.717, 1.165) is 23.4 Å². The number of hydrogen-bond acceptors (Lipinski definition) is 6. The third kappa shape index (κ3) is 7.64. The molecule has 9 heteroatoms. The van der Waals surface area contributed by atoms with Gasteiger partial charge in [0, 0.05) is 19.6 Å². The first-order chi connectivity index (χ1) is 13.9. The van der Waals surface area contributed by atoms with Gasteiger partial charge in [-0.1, -0.05) is 19.3 Å². The Kier molecular flexibility index (Phi) is 12.2. The molecule has 0 spiro atoms. The predicted octanol–water partition coefficient (Wildman–Crippen LogP) is 3.98. The lowest BCUT2D eigenvalue weighted by Gasteiger charge is -2.35. The molecule has 0 aromatic carbocycles. The summed E-state index contributed by atoms with van der Waals surface area (Å²) >= 11 is 1.38. The number of rotatable bonds is 8. The molecule has 1 aromatic heterocycles. The van der Waals surface area contributed by atoms with Crippen LogP contribution in [0.3, 0.4) is 0 Å². The lowest BCUT2D eigenvalue weighted by molar-refractivity contribution is 0.0531. The van der Waals surface area contributed by atoms with Gasteiger partial charge in [0.05, 0.1) is 18.3 Å². The van der Waals surface area contributed by atoms with Crippen LogP contribution in [0.4, 0.5) is 0 Å². The van der Waals surface area contributed by atoms with E-state index in [9.17, 15) is 4.79 Å². The first-order valence-corrected chi connectivity index (χ1v) is 11.5. The molecule has 0 amide bonds. The number of likely N-dealkylation sites (N-methyl/N-ethyl adjacent to an activating group) is 1. The summed E-state index contributed by atoms with van der Waals surface area (Å²) in [5.41, 5.74) is 0.713. The van der Waals surface area contributed by atoms with Crippen LogP contribution >= 0.6 is 35.3 Å². The zero-order valence-electron chi connectivity index (χ0n) is 19.2. The van der Waals surface area contributed by atoms with Crippen molar-refractivity contribution in [1.29, 1.82) is 0 Å². The number of ether oxygens (including phenoxy) is 1. The van der Waals surface area contributed by atoms with Gasteiger partial charge in [0.2, 0.25) is 0 Å². The number of nitrogens with one attached hydrogen (secondary N) is 2. The van der Waals surface area contributed by atoms with Crippen LogP contribution in [0.25, 0.3) is 0 Å². The van der Waals surface area contributed by atoms with Crippen LogP contribution in [-0.2, 0) is 4.74 Å². The molecule has 1 fully saturated rings. The number of aromatic nitrogens is 1. The largest absolute Gasteiger partial charge is 0.462 e. The van der Waals surface area contributed by atoms with E-state index in [1.807, 2.05) is 20.8 Å². The summed E-state index contributed by atoms with van der Waals surface area (Å²) in [6.45, 7) is 6.91. The molecule has 2 N–H and O–H groups in total. The molecule has 0 radical (unpaired) electrons. The number of aryl methyl sites for hydroxylation is 1. The van der Waals surface area contributed by atoms with E-state index in [0.29, 0.717) is 23.2 Å². The molecule has 2 unspecified atom stereocenters. The number of guanidine groups is 1. The molecule has 0 aliphatic heterocycles. The van der Waals surface area contributed by atoms with Crippen molar-refractivity contribution in [3.8, 4) is 0 Å². The van der Waals surface area contributed by atoms with E-state index in [1.165, 1.54) is 43.4 Å². The molecule has 172 valence electrons. The van der Waals surface area contributed by atoms with Crippen LogP contribution in [0.2, 0.25) is 0 Å². The third-order valence-corrected chi connectivity index (χ3v) is 6.88. The van der Waals surface area contributed by atoms with Crippen LogP contribution < -0.4 is 10.6 Å². The summed E-state index contributed by atoms with van der Waals surface area (Å²) in [6.07, 6.45) is 6.66. The van der Waals surface area contributed by atoms with Crippen LogP contribution in [0.1, 0.15) is 72.4 Å². The molecule has 0 saturated heterocycles. The quantitative estimate of drug-likeness (QED) is 0.220. The molecule has 1 aliphatic rings. The molecule has 1 heterocycles. The van der Waals surface area contributed by atoms with Crippen LogP contribution in [0.5, 0.6) is 0 Å². The lowest BCUT2D eigenvalue weighted by atomic mass is 9.83. The van der Waals surface area contributed by atoms with Crippen molar-refractivity contribution in [2.45, 2.75) is 65.0 Å². The molecule has 2 rings (SSSR count). The number of carbonyl (C=O) groups excluding carboxylic acids is 1. The van der Waals surface area contributed by atoms with Gasteiger partial charge in [-0.15, -0.1) is 35.3 Å². The van der Waals surface area contributed by atoms with Gasteiger partial charge in [-0.05, 0) is 53.6 Å². The smallest absolute Gasteiger partial charge is 0.350 e. The molecule has 2 atom stereocenters. The van der Waals surface area contributed by atoms with Crippen molar-refractivity contribution >= 4 is 47.2 Å². The number of hydrogen-bond donors (Lipinski definition) is 2. The summed E-state index contributed by atoms with van der Waals surface area (Å²) in [5.74, 6) is 1.19. The Morgan fingerprint density at radius 3 is 2.57 bits per heavy atom. The SMILES string of the molecule is CCOC(=O)c1sc(C(C)NC(=NC)NCC(C2CCCCC2)N(C)C)nc1C.I. The number of nitrogens with zero attached hydrogens (tertiary/aromatic N) is 3. The standard InChI is InChI=1S/C21H37N5O2S.HI/c1-7-28-20(27)18-14(2)24-19(29-18)15(3)25-21(22-4)23-13-17(26(5)6)16-11-9-8-10-12-16;/h15-17H,7-13H2,1-6H3,(H2,22,23,25);1H. The molecule has 1 saturated carbocycles. The fourth-order valence-electron chi connectivity index (χ4n) is 3.94. The summed E-state index contributed by atoms with van der Waals surface area (Å²) < 4.78 is 5.12. The normalized spacial score (nSPS) is 17.2. The van der Waals surface area contributed by atoms with E-state index >= 15 is 0 Å². The second kappa shape index (κ2) is 13.5. The maximum Gasteiger partial charge on any atom is 0.350 e. The Balaban J connectivity index is 0.00000450. The highest BCUT2D eigenvalue weighted by Gasteiger charge is 2.26. The van der Waals surface area contributed by atoms with Gasteiger partial charge in [0.25, 0.3) is 0 Å². The Hall–Kier alpha value is -0.940. The highest BCUT2D eigenvalue weighted by molar-refractivity contribution is 14.0. The molecule has 7 nitrogen and oxygen atoms in total. The summed E-state index contributed by atoms with van der Waals surface area (Å²) in [7, 11) is 6.11. The summed E-state index contributed by atoms with van der Waals surface area (Å²) in [4.78, 5) is 23.9. The average Bonchev–Trinajstić information content (AvgIpc) is 3.10. The van der Waals surface area contributed by atoms with Gasteiger partial charge in [0.1, 0.15) is 9.88 Å². The third-order valence-electron chi connectivity index (χ3n) is 5.56. The Bertz CT molecular complexity index is 689. The van der Waals surface area contributed by atoms with Crippen molar-refractivity contribution in [2.75, 3.05) is 34.3 Å². The fourth-order valence-corrected chi connectivity index (χ4v) is 4.90. The van der Waals surface area contributed by atoms with E-state index in [-0.39, 0.29) is 36.0 Å². The molecular weight excluding hydrogens is 513 g/mol. The lowest BCUT2D eigenvalue weighted by Crippen LogP contribution is -2.48. The van der Waals surface area contributed by atoms with Gasteiger partial charge in [-0.3, -0.25) is 4.99 Å². The zero-order chi connectivity index (χ0) is 21.4. The van der Waals surface area contributed by atoms with Crippen LogP contribution in [-0.4, -0.2) is 62.1 Å². The van der Waals surface area contributed by atoms with Gasteiger partial charge < -0.3 is 20.3 Å². The van der Waals surface area contributed by atoms with E-state index in [2.05, 4.69) is 39.6 Å². The highest BCUT2D eigenvalue weighted by atomic mass is 127. The topological polar surface area (TPSA) is 78.8 Å². The van der Waals surface area contributed by atoms with Crippen molar-refractivity contribution in [2.24, 2.45) is 10.9 Å². The molecule has 1 aliphatic carbocycles. The number of esters is 1. The summed E-state index contributed by atoms with van der Waals surface area (Å²) in [5, 5.41) is 7.76. The Labute approximate surface area is 202 Å². The van der Waals surface area contributed by atoms with Crippen molar-refractivity contribution in [3.05, 3.63) is 15.6 Å². The fraction of sp³-hybridized carbons (Fsp3) is 0.762. The second-order valence-electron chi connectivity index (χ2n) is 7.94. The number of aliphatic imine (C=N–C) groups is 1. The summed E-state index contributed by atoms with van der Waals surface area (Å²) in [6, 6.07) is 0.433. The van der Waals surface area contributed by atoms with Crippen molar-refractivity contribution < 1.29 is 9.53 Å². The minimum atomic E-state index is -0.301. The average molecular weight is 552 g/mol. The minimum Gasteiger partial charge on any atom is -0.462 e. The Morgan fingerprint density at radius 2 is 2.00 bits per heavy atom. The molecular formula is C21H38IN5O2S. The number of carbonyl (C=O) groups is 1. The van der Waals surface area contributed by atoms with Gasteiger partial charge in [-0.2, -0.15) is 0 Å². The predicted molar refractivity (Wildman–Crippen MR) is 135 cm³/mol. The first kappa shape index (κ1) is 27.1. The van der Waals surface area contributed by atoms with Crippen LogP contribution in [0, 0.1) is 12.8 Å². The van der Waals surface area contributed by atoms with Crippen LogP contribution in [0.15, 0.2) is 4.99 Å². The maximum absolute atomic E-state index is 12.1. The van der Waals surface area contributed by atoms with Crippen molar-refractivity contribution in [1.82, 2.24) is 20.5 Å². The van der Waals surface area contributed by atoms with Crippen molar-refractivity contribution in [3.63, 3.8) is 0 Å².